The maximum atomic E-state index is 9.00. The van der Waals surface area contributed by atoms with Crippen LogP contribution in [0.15, 0.2) is 6.07 Å². The number of aliphatic hydroxyl groups is 1. The summed E-state index contributed by atoms with van der Waals surface area (Å²) in [6.45, 7) is 6.67. The van der Waals surface area contributed by atoms with Crippen molar-refractivity contribution in [2.75, 3.05) is 37.0 Å². The quantitative estimate of drug-likeness (QED) is 0.705. The van der Waals surface area contributed by atoms with E-state index in [1.807, 2.05) is 13.0 Å². The average Bonchev–Trinajstić information content (AvgIpc) is 3.21. The van der Waals surface area contributed by atoms with Crippen molar-refractivity contribution in [2.45, 2.75) is 32.7 Å². The lowest BCUT2D eigenvalue weighted by molar-refractivity contribution is 0.193. The fourth-order valence-corrected chi connectivity index (χ4v) is 3.43. The van der Waals surface area contributed by atoms with Gasteiger partial charge in [0.25, 0.3) is 0 Å². The van der Waals surface area contributed by atoms with Gasteiger partial charge in [-0.1, -0.05) is 0 Å². The summed E-state index contributed by atoms with van der Waals surface area (Å²) in [6.07, 6.45) is 0.973. The van der Waals surface area contributed by atoms with Crippen molar-refractivity contribution in [3.8, 4) is 0 Å². The van der Waals surface area contributed by atoms with E-state index in [0.717, 1.165) is 35.2 Å². The molecule has 3 heterocycles. The molecule has 0 unspecified atom stereocenters. The number of nitrogens with zero attached hydrogens (tertiary/aromatic N) is 3. The smallest absolute Gasteiger partial charge is 0.224 e. The van der Waals surface area contributed by atoms with Gasteiger partial charge in [-0.05, 0) is 20.3 Å². The number of hydrogen-bond acceptors (Lipinski definition) is 8. The van der Waals surface area contributed by atoms with E-state index in [0.29, 0.717) is 31.6 Å². The Morgan fingerprint density at radius 2 is 2.17 bits per heavy atom. The SMILES string of the molecule is Cc1nc(CNc2cc([C@H]3CCOC3)nc(NCCO)n2)sc1C. The van der Waals surface area contributed by atoms with E-state index in [9.17, 15) is 0 Å². The highest BCUT2D eigenvalue weighted by atomic mass is 32.1. The summed E-state index contributed by atoms with van der Waals surface area (Å²) >= 11 is 1.70. The third kappa shape index (κ3) is 4.19. The Bertz CT molecular complexity index is 666. The molecular weight excluding hydrogens is 326 g/mol. The monoisotopic (exact) mass is 349 g/mol. The van der Waals surface area contributed by atoms with Crippen LogP contribution >= 0.6 is 11.3 Å². The van der Waals surface area contributed by atoms with Gasteiger partial charge in [0.2, 0.25) is 5.95 Å². The molecule has 130 valence electrons. The molecule has 3 rings (SSSR count). The maximum absolute atomic E-state index is 9.00. The van der Waals surface area contributed by atoms with Crippen LogP contribution in [0.4, 0.5) is 11.8 Å². The molecule has 2 aromatic rings. The van der Waals surface area contributed by atoms with Crippen molar-refractivity contribution in [3.63, 3.8) is 0 Å². The topological polar surface area (TPSA) is 92.2 Å². The van der Waals surface area contributed by atoms with Crippen LogP contribution in [0.2, 0.25) is 0 Å². The Kier molecular flexibility index (Phi) is 5.60. The van der Waals surface area contributed by atoms with Crippen LogP contribution in [-0.2, 0) is 11.3 Å². The van der Waals surface area contributed by atoms with Gasteiger partial charge in [-0.15, -0.1) is 11.3 Å². The Morgan fingerprint density at radius 1 is 1.29 bits per heavy atom. The van der Waals surface area contributed by atoms with Crippen LogP contribution in [0.5, 0.6) is 0 Å². The van der Waals surface area contributed by atoms with Crippen LogP contribution in [0.3, 0.4) is 0 Å². The van der Waals surface area contributed by atoms with E-state index >= 15 is 0 Å². The van der Waals surface area contributed by atoms with Crippen LogP contribution in [-0.4, -0.2) is 46.4 Å². The number of hydrogen-bond donors (Lipinski definition) is 3. The van der Waals surface area contributed by atoms with Crippen molar-refractivity contribution in [1.82, 2.24) is 15.0 Å². The van der Waals surface area contributed by atoms with Gasteiger partial charge in [0.15, 0.2) is 0 Å². The molecule has 1 aliphatic heterocycles. The normalized spacial score (nSPS) is 17.2. The van der Waals surface area contributed by atoms with E-state index in [2.05, 4.69) is 32.5 Å². The maximum Gasteiger partial charge on any atom is 0.224 e. The summed E-state index contributed by atoms with van der Waals surface area (Å²) in [6, 6.07) is 1.98. The zero-order chi connectivity index (χ0) is 16.9. The molecule has 0 amide bonds. The lowest BCUT2D eigenvalue weighted by Crippen LogP contribution is -2.13. The molecule has 7 nitrogen and oxygen atoms in total. The summed E-state index contributed by atoms with van der Waals surface area (Å²) in [5.41, 5.74) is 2.05. The predicted octanol–water partition coefficient (Wildman–Crippen LogP) is 2.07. The van der Waals surface area contributed by atoms with Crippen molar-refractivity contribution in [3.05, 3.63) is 27.3 Å². The Hall–Kier alpha value is -1.77. The molecule has 0 saturated carbocycles. The largest absolute Gasteiger partial charge is 0.395 e. The van der Waals surface area contributed by atoms with E-state index in [-0.39, 0.29) is 6.61 Å². The first kappa shape index (κ1) is 17.1. The third-order valence-electron chi connectivity index (χ3n) is 3.98. The minimum Gasteiger partial charge on any atom is -0.395 e. The second-order valence-electron chi connectivity index (χ2n) is 5.82. The van der Waals surface area contributed by atoms with E-state index < -0.39 is 0 Å². The zero-order valence-corrected chi connectivity index (χ0v) is 14.8. The van der Waals surface area contributed by atoms with Crippen molar-refractivity contribution in [2.24, 2.45) is 0 Å². The van der Waals surface area contributed by atoms with Crippen molar-refractivity contribution in [1.29, 1.82) is 0 Å². The third-order valence-corrected chi connectivity index (χ3v) is 5.06. The molecule has 0 aliphatic carbocycles. The number of aliphatic hydroxyl groups excluding tert-OH is 1. The van der Waals surface area contributed by atoms with Crippen LogP contribution < -0.4 is 10.6 Å². The lowest BCUT2D eigenvalue weighted by Gasteiger charge is -2.13. The number of aromatic nitrogens is 3. The summed E-state index contributed by atoms with van der Waals surface area (Å²) in [5, 5.41) is 16.4. The van der Waals surface area contributed by atoms with Crippen LogP contribution in [0.1, 0.15) is 33.6 Å². The minimum absolute atomic E-state index is 0.0422. The summed E-state index contributed by atoms with van der Waals surface area (Å²) in [7, 11) is 0. The van der Waals surface area contributed by atoms with E-state index in [1.54, 1.807) is 11.3 Å². The number of rotatable bonds is 7. The molecule has 0 spiro atoms. The van der Waals surface area contributed by atoms with Crippen molar-refractivity contribution < 1.29 is 9.84 Å². The van der Waals surface area contributed by atoms with Crippen LogP contribution in [0.25, 0.3) is 0 Å². The summed E-state index contributed by atoms with van der Waals surface area (Å²) < 4.78 is 5.47. The fourth-order valence-electron chi connectivity index (χ4n) is 2.56. The number of aryl methyl sites for hydroxylation is 2. The molecule has 8 heteroatoms. The average molecular weight is 349 g/mol. The Labute approximate surface area is 145 Å². The standard InChI is InChI=1S/C16H23N5O2S/c1-10-11(2)24-15(19-10)8-18-14-7-13(12-3-6-23-9-12)20-16(21-14)17-4-5-22/h7,12,22H,3-6,8-9H2,1-2H3,(H2,17,18,20,21)/t12-/m0/s1. The molecule has 2 aromatic heterocycles. The predicted molar refractivity (Wildman–Crippen MR) is 94.7 cm³/mol. The molecule has 1 saturated heterocycles. The van der Waals surface area contributed by atoms with E-state index in [4.69, 9.17) is 9.84 Å². The number of thiazole rings is 1. The fraction of sp³-hybridized carbons (Fsp3) is 0.562. The Balaban J connectivity index is 1.75. The highest BCUT2D eigenvalue weighted by molar-refractivity contribution is 7.11. The molecule has 0 aromatic carbocycles. The number of ether oxygens (including phenoxy) is 1. The first-order valence-electron chi connectivity index (χ1n) is 8.14. The second-order valence-corrected chi connectivity index (χ2v) is 7.10. The van der Waals surface area contributed by atoms with Crippen LogP contribution in [0, 0.1) is 13.8 Å². The molecule has 1 atom stereocenters. The first-order chi connectivity index (χ1) is 11.7. The number of nitrogens with one attached hydrogen (secondary N) is 2. The number of anilines is 2. The molecule has 0 radical (unpaired) electrons. The first-order valence-corrected chi connectivity index (χ1v) is 8.95. The van der Waals surface area contributed by atoms with Gasteiger partial charge in [-0.3, -0.25) is 0 Å². The lowest BCUT2D eigenvalue weighted by atomic mass is 10.0. The van der Waals surface area contributed by atoms with Gasteiger partial charge in [-0.2, -0.15) is 4.98 Å². The van der Waals surface area contributed by atoms with Gasteiger partial charge in [-0.25, -0.2) is 9.97 Å². The molecule has 24 heavy (non-hydrogen) atoms. The molecule has 1 fully saturated rings. The van der Waals surface area contributed by atoms with Gasteiger partial charge in [0, 0.05) is 30.0 Å². The highest BCUT2D eigenvalue weighted by Crippen LogP contribution is 2.26. The summed E-state index contributed by atoms with van der Waals surface area (Å²) in [5.74, 6) is 1.59. The summed E-state index contributed by atoms with van der Waals surface area (Å²) in [4.78, 5) is 14.8. The molecular formula is C16H23N5O2S. The second kappa shape index (κ2) is 7.87. The van der Waals surface area contributed by atoms with Gasteiger partial charge in [0.05, 0.1) is 31.1 Å². The Morgan fingerprint density at radius 3 is 2.83 bits per heavy atom. The van der Waals surface area contributed by atoms with Gasteiger partial charge >= 0.3 is 0 Å². The van der Waals surface area contributed by atoms with Crippen molar-refractivity contribution >= 4 is 23.1 Å². The highest BCUT2D eigenvalue weighted by Gasteiger charge is 2.20. The molecule has 1 aliphatic rings. The van der Waals surface area contributed by atoms with Gasteiger partial charge < -0.3 is 20.5 Å². The van der Waals surface area contributed by atoms with E-state index in [1.165, 1.54) is 4.88 Å². The zero-order valence-electron chi connectivity index (χ0n) is 14.0. The molecule has 3 N–H and O–H groups in total. The van der Waals surface area contributed by atoms with Gasteiger partial charge in [0.1, 0.15) is 10.8 Å². The minimum atomic E-state index is 0.0422. The molecule has 0 bridgehead atoms.